The van der Waals surface area contributed by atoms with E-state index in [0.29, 0.717) is 23.9 Å². The summed E-state index contributed by atoms with van der Waals surface area (Å²) in [5.41, 5.74) is 3.80. The number of aromatic nitrogens is 1. The van der Waals surface area contributed by atoms with Crippen molar-refractivity contribution in [2.75, 3.05) is 7.05 Å². The van der Waals surface area contributed by atoms with E-state index in [2.05, 4.69) is 43.1 Å². The largest absolute Gasteiger partial charge is 0.300 e. The minimum Gasteiger partial charge on any atom is -0.300 e. The Morgan fingerprint density at radius 1 is 1.03 bits per heavy atom. The zero-order valence-electron chi connectivity index (χ0n) is 16.7. The molecule has 3 heterocycles. The van der Waals surface area contributed by atoms with Crippen LogP contribution in [-0.2, 0) is 0 Å². The number of benzene rings is 2. The summed E-state index contributed by atoms with van der Waals surface area (Å²) in [7, 11) is 2.29. The molecule has 152 valence electrons. The third kappa shape index (κ3) is 3.74. The smallest absolute Gasteiger partial charge is 0.123 e. The summed E-state index contributed by atoms with van der Waals surface area (Å²) in [5, 5.41) is 1.22. The van der Waals surface area contributed by atoms with Crippen molar-refractivity contribution in [2.24, 2.45) is 0 Å². The summed E-state index contributed by atoms with van der Waals surface area (Å²) >= 11 is 1.78. The number of fused-ring (bicyclic) bond motifs is 2. The molecule has 0 unspecified atom stereocenters. The molecule has 29 heavy (non-hydrogen) atoms. The third-order valence-corrected chi connectivity index (χ3v) is 7.86. The van der Waals surface area contributed by atoms with Crippen LogP contribution in [0.1, 0.15) is 47.2 Å². The fraction of sp³-hybridized carbons (Fsp3) is 0.375. The quantitative estimate of drug-likeness (QED) is 0.479. The molecule has 0 saturated carbocycles. The highest BCUT2D eigenvalue weighted by Gasteiger charge is 2.47. The van der Waals surface area contributed by atoms with Gasteiger partial charge in [-0.05, 0) is 62.4 Å². The van der Waals surface area contributed by atoms with Crippen LogP contribution in [0, 0.1) is 12.7 Å². The highest BCUT2D eigenvalue weighted by Crippen LogP contribution is 2.52. The number of thiazole rings is 1. The lowest BCUT2D eigenvalue weighted by atomic mass is 9.76. The van der Waals surface area contributed by atoms with Gasteiger partial charge in [-0.25, -0.2) is 9.37 Å². The second kappa shape index (κ2) is 8.17. The Hall–Kier alpha value is -1.75. The van der Waals surface area contributed by atoms with Crippen LogP contribution in [-0.4, -0.2) is 29.0 Å². The molecule has 2 aliphatic rings. The summed E-state index contributed by atoms with van der Waals surface area (Å²) < 4.78 is 13.3. The second-order valence-electron chi connectivity index (χ2n) is 8.31. The Kier molecular flexibility index (Phi) is 5.78. The van der Waals surface area contributed by atoms with Gasteiger partial charge in [0, 0.05) is 24.2 Å². The number of rotatable bonds is 3. The zero-order valence-corrected chi connectivity index (χ0v) is 18.3. The van der Waals surface area contributed by atoms with E-state index in [1.807, 2.05) is 18.3 Å². The van der Waals surface area contributed by atoms with Gasteiger partial charge in [-0.15, -0.1) is 23.7 Å². The van der Waals surface area contributed by atoms with E-state index in [-0.39, 0.29) is 18.2 Å². The molecule has 2 fully saturated rings. The van der Waals surface area contributed by atoms with E-state index in [4.69, 9.17) is 4.98 Å². The van der Waals surface area contributed by atoms with Gasteiger partial charge in [0.1, 0.15) is 5.82 Å². The first-order chi connectivity index (χ1) is 13.6. The molecular weight excluding hydrogens is 403 g/mol. The molecule has 5 rings (SSSR count). The summed E-state index contributed by atoms with van der Waals surface area (Å²) in [6.45, 7) is 2.15. The fourth-order valence-corrected chi connectivity index (χ4v) is 6.30. The molecular formula is C24H26ClFN2S. The molecule has 0 radical (unpaired) electrons. The lowest BCUT2D eigenvalue weighted by Gasteiger charge is -2.42. The van der Waals surface area contributed by atoms with Gasteiger partial charge < -0.3 is 0 Å². The lowest BCUT2D eigenvalue weighted by Crippen LogP contribution is -2.44. The topological polar surface area (TPSA) is 16.1 Å². The summed E-state index contributed by atoms with van der Waals surface area (Å²) in [6, 6.07) is 17.1. The van der Waals surface area contributed by atoms with E-state index < -0.39 is 0 Å². The monoisotopic (exact) mass is 428 g/mol. The van der Waals surface area contributed by atoms with Gasteiger partial charge in [-0.2, -0.15) is 0 Å². The predicted molar refractivity (Wildman–Crippen MR) is 121 cm³/mol. The number of halogens is 2. The third-order valence-electron chi connectivity index (χ3n) is 6.71. The molecule has 0 aliphatic carbocycles. The summed E-state index contributed by atoms with van der Waals surface area (Å²) in [4.78, 5) is 8.60. The maximum Gasteiger partial charge on any atom is 0.123 e. The van der Waals surface area contributed by atoms with Crippen LogP contribution in [0.5, 0.6) is 0 Å². The van der Waals surface area contributed by atoms with Crippen molar-refractivity contribution in [3.63, 3.8) is 0 Å². The molecule has 2 aromatic carbocycles. The van der Waals surface area contributed by atoms with Crippen molar-refractivity contribution < 1.29 is 4.39 Å². The normalized spacial score (nSPS) is 26.3. The Morgan fingerprint density at radius 3 is 2.48 bits per heavy atom. The minimum atomic E-state index is -0.196. The van der Waals surface area contributed by atoms with Gasteiger partial charge in [-0.3, -0.25) is 4.90 Å². The van der Waals surface area contributed by atoms with Crippen LogP contribution in [0.3, 0.4) is 0 Å². The molecule has 4 atom stereocenters. The number of nitrogens with zero attached hydrogens (tertiary/aromatic N) is 2. The molecule has 0 amide bonds. The second-order valence-corrected chi connectivity index (χ2v) is 9.37. The number of likely N-dealkylation sites (N-methyl/N-ethyl adjacent to an activating group) is 1. The van der Waals surface area contributed by atoms with Crippen LogP contribution in [0.15, 0.2) is 54.7 Å². The molecule has 5 heteroatoms. The average Bonchev–Trinajstić information content (AvgIpc) is 3.26. The van der Waals surface area contributed by atoms with Crippen molar-refractivity contribution in [3.8, 4) is 10.4 Å². The number of aryl methyl sites for hydroxylation is 1. The Morgan fingerprint density at radius 2 is 1.76 bits per heavy atom. The maximum absolute atomic E-state index is 13.3. The van der Waals surface area contributed by atoms with Gasteiger partial charge in [0.05, 0.1) is 9.88 Å². The van der Waals surface area contributed by atoms with Gasteiger partial charge in [0.25, 0.3) is 0 Å². The van der Waals surface area contributed by atoms with E-state index >= 15 is 0 Å². The first kappa shape index (κ1) is 20.5. The van der Waals surface area contributed by atoms with Crippen LogP contribution >= 0.6 is 23.7 Å². The fourth-order valence-electron chi connectivity index (χ4n) is 5.15. The van der Waals surface area contributed by atoms with Crippen LogP contribution in [0.25, 0.3) is 10.4 Å². The van der Waals surface area contributed by atoms with Crippen LogP contribution < -0.4 is 0 Å². The molecule has 2 aliphatic heterocycles. The van der Waals surface area contributed by atoms with Gasteiger partial charge >= 0.3 is 0 Å². The highest BCUT2D eigenvalue weighted by molar-refractivity contribution is 7.15. The van der Waals surface area contributed by atoms with Crippen molar-refractivity contribution in [2.45, 2.75) is 50.1 Å². The van der Waals surface area contributed by atoms with Crippen molar-refractivity contribution in [3.05, 3.63) is 76.7 Å². The maximum atomic E-state index is 13.3. The molecule has 2 saturated heterocycles. The Balaban J connectivity index is 0.00000205. The first-order valence-electron chi connectivity index (χ1n) is 10.1. The molecule has 1 aromatic heterocycles. The standard InChI is InChI=1S/C24H25FN2S.ClH/c1-15-3-5-16(6-4-15)20-13-19-11-12-21(27(19)2)23(20)24-26-14-22(28-24)17-7-9-18(25)10-8-17;/h3-10,14,19-21,23H,11-13H2,1-2H3;1H/t19-,20+,21+,23-;/m0./s1. The predicted octanol–water partition coefficient (Wildman–Crippen LogP) is 6.41. The van der Waals surface area contributed by atoms with Crippen molar-refractivity contribution >= 4 is 23.7 Å². The van der Waals surface area contributed by atoms with E-state index in [1.54, 1.807) is 11.3 Å². The molecule has 0 N–H and O–H groups in total. The number of piperidine rings is 1. The van der Waals surface area contributed by atoms with E-state index in [1.165, 1.54) is 47.5 Å². The zero-order chi connectivity index (χ0) is 19.3. The molecule has 2 nitrogen and oxygen atoms in total. The summed E-state index contributed by atoms with van der Waals surface area (Å²) in [5.74, 6) is 0.742. The van der Waals surface area contributed by atoms with Gasteiger partial charge in [0.2, 0.25) is 0 Å². The Bertz CT molecular complexity index is 969. The van der Waals surface area contributed by atoms with Gasteiger partial charge in [-0.1, -0.05) is 42.0 Å². The van der Waals surface area contributed by atoms with E-state index in [9.17, 15) is 4.39 Å². The molecule has 0 spiro atoms. The SMILES string of the molecule is Cc1ccc([C@H]2C[C@@H]3CC[C@H]([C@H]2c2ncc(-c4ccc(F)cc4)s2)N3C)cc1.Cl. The highest BCUT2D eigenvalue weighted by atomic mass is 35.5. The van der Waals surface area contributed by atoms with Crippen LogP contribution in [0.4, 0.5) is 4.39 Å². The van der Waals surface area contributed by atoms with Crippen molar-refractivity contribution in [1.29, 1.82) is 0 Å². The van der Waals surface area contributed by atoms with Crippen LogP contribution in [0.2, 0.25) is 0 Å². The lowest BCUT2D eigenvalue weighted by molar-refractivity contribution is 0.137. The molecule has 3 aromatic rings. The molecule has 2 bridgehead atoms. The van der Waals surface area contributed by atoms with Gasteiger partial charge in [0.15, 0.2) is 0 Å². The summed E-state index contributed by atoms with van der Waals surface area (Å²) in [6.07, 6.45) is 5.71. The van der Waals surface area contributed by atoms with E-state index in [0.717, 1.165) is 10.4 Å². The van der Waals surface area contributed by atoms with Crippen molar-refractivity contribution in [1.82, 2.24) is 9.88 Å². The average molecular weight is 429 g/mol. The first-order valence-corrected chi connectivity index (χ1v) is 10.9. The number of hydrogen-bond acceptors (Lipinski definition) is 3. The minimum absolute atomic E-state index is 0. The number of hydrogen-bond donors (Lipinski definition) is 0. The Labute approximate surface area is 182 Å².